The summed E-state index contributed by atoms with van der Waals surface area (Å²) in [6, 6.07) is 0. The molecule has 0 radical (unpaired) electrons. The first-order valence-corrected chi connectivity index (χ1v) is 7.32. The van der Waals surface area contributed by atoms with Crippen molar-refractivity contribution in [1.29, 1.82) is 0 Å². The van der Waals surface area contributed by atoms with E-state index >= 15 is 0 Å². The van der Waals surface area contributed by atoms with E-state index in [4.69, 9.17) is 9.47 Å². The molecule has 0 aliphatic heterocycles. The van der Waals surface area contributed by atoms with E-state index in [-0.39, 0.29) is 35.5 Å². The van der Waals surface area contributed by atoms with Crippen LogP contribution < -0.4 is 9.47 Å². The van der Waals surface area contributed by atoms with E-state index in [1.54, 1.807) is 6.92 Å². The Hall–Kier alpha value is -1.62. The van der Waals surface area contributed by atoms with Crippen molar-refractivity contribution < 1.29 is 24.8 Å². The molecule has 3 N–H and O–H groups in total. The number of rotatable bonds is 4. The fourth-order valence-corrected chi connectivity index (χ4v) is 3.32. The summed E-state index contributed by atoms with van der Waals surface area (Å²) in [5.74, 6) is 0.930. The highest BCUT2D eigenvalue weighted by Gasteiger charge is 2.30. The maximum Gasteiger partial charge on any atom is 0.207 e. The Balaban J connectivity index is 2.42. The van der Waals surface area contributed by atoms with Crippen molar-refractivity contribution in [3.8, 4) is 23.0 Å². The van der Waals surface area contributed by atoms with E-state index in [9.17, 15) is 15.3 Å². The Morgan fingerprint density at radius 3 is 1.95 bits per heavy atom. The molecule has 5 nitrogen and oxygen atoms in total. The van der Waals surface area contributed by atoms with Gasteiger partial charge in [0.2, 0.25) is 11.5 Å². The van der Waals surface area contributed by atoms with Crippen LogP contribution in [-0.2, 0) is 0 Å². The normalized spacial score (nSPS) is 22.1. The smallest absolute Gasteiger partial charge is 0.207 e. The van der Waals surface area contributed by atoms with Gasteiger partial charge in [0.05, 0.1) is 14.2 Å². The molecule has 1 saturated carbocycles. The standard InChI is InChI=1S/C16H24O5/c1-9-12(11-6-4-10(8-17)5-7-11)14(19)16(21-3)15(20-2)13(9)18/h10-11,17-19H,4-8H2,1-3H3. The van der Waals surface area contributed by atoms with Gasteiger partial charge in [-0.1, -0.05) is 0 Å². The molecule has 1 aromatic rings. The van der Waals surface area contributed by atoms with Crippen molar-refractivity contribution in [3.63, 3.8) is 0 Å². The fraction of sp³-hybridized carbons (Fsp3) is 0.625. The maximum absolute atomic E-state index is 10.5. The molecule has 0 saturated heterocycles. The summed E-state index contributed by atoms with van der Waals surface area (Å²) in [4.78, 5) is 0. The predicted molar refractivity (Wildman–Crippen MR) is 79.4 cm³/mol. The van der Waals surface area contributed by atoms with Crippen LogP contribution in [0, 0.1) is 12.8 Å². The topological polar surface area (TPSA) is 79.2 Å². The molecular weight excluding hydrogens is 272 g/mol. The van der Waals surface area contributed by atoms with Gasteiger partial charge in [0, 0.05) is 17.7 Å². The largest absolute Gasteiger partial charge is 0.504 e. The number of hydrogen-bond donors (Lipinski definition) is 3. The second kappa shape index (κ2) is 6.43. The zero-order valence-corrected chi connectivity index (χ0v) is 12.8. The minimum atomic E-state index is 0.0198. The second-order valence-corrected chi connectivity index (χ2v) is 5.70. The van der Waals surface area contributed by atoms with Gasteiger partial charge in [0.25, 0.3) is 0 Å². The lowest BCUT2D eigenvalue weighted by Gasteiger charge is -2.30. The summed E-state index contributed by atoms with van der Waals surface area (Å²) in [6.45, 7) is 2.00. The molecule has 118 valence electrons. The minimum absolute atomic E-state index is 0.0198. The van der Waals surface area contributed by atoms with Crippen LogP contribution >= 0.6 is 0 Å². The van der Waals surface area contributed by atoms with Crippen LogP contribution in [-0.4, -0.2) is 36.1 Å². The van der Waals surface area contributed by atoms with E-state index in [1.165, 1.54) is 14.2 Å². The quantitative estimate of drug-likeness (QED) is 0.744. The molecule has 0 unspecified atom stereocenters. The van der Waals surface area contributed by atoms with Crippen molar-refractivity contribution >= 4 is 0 Å². The van der Waals surface area contributed by atoms with Gasteiger partial charge in [-0.15, -0.1) is 0 Å². The average molecular weight is 296 g/mol. The van der Waals surface area contributed by atoms with Crippen molar-refractivity contribution in [2.45, 2.75) is 38.5 Å². The summed E-state index contributed by atoms with van der Waals surface area (Å²) < 4.78 is 10.3. The Kier molecular flexibility index (Phi) is 4.83. The molecule has 0 amide bonds. The molecule has 21 heavy (non-hydrogen) atoms. The minimum Gasteiger partial charge on any atom is -0.504 e. The number of ether oxygens (including phenoxy) is 2. The highest BCUT2D eigenvalue weighted by Crippen LogP contribution is 2.52. The first-order valence-electron chi connectivity index (χ1n) is 7.32. The molecule has 0 atom stereocenters. The van der Waals surface area contributed by atoms with Crippen LogP contribution in [0.1, 0.15) is 42.7 Å². The molecule has 0 spiro atoms. The van der Waals surface area contributed by atoms with E-state index in [2.05, 4.69) is 0 Å². The summed E-state index contributed by atoms with van der Waals surface area (Å²) in [5, 5.41) is 30.0. The Bertz CT molecular complexity index is 504. The highest BCUT2D eigenvalue weighted by molar-refractivity contribution is 5.66. The van der Waals surface area contributed by atoms with E-state index in [0.717, 1.165) is 31.2 Å². The number of aliphatic hydroxyl groups is 1. The summed E-state index contributed by atoms with van der Waals surface area (Å²) >= 11 is 0. The third-order valence-corrected chi connectivity index (χ3v) is 4.57. The molecule has 0 heterocycles. The van der Waals surface area contributed by atoms with Gasteiger partial charge in [-0.3, -0.25) is 0 Å². The van der Waals surface area contributed by atoms with Crippen molar-refractivity contribution in [3.05, 3.63) is 11.1 Å². The molecule has 0 aromatic heterocycles. The first-order chi connectivity index (χ1) is 10.0. The Labute approximate surface area is 125 Å². The second-order valence-electron chi connectivity index (χ2n) is 5.70. The van der Waals surface area contributed by atoms with Crippen LogP contribution in [0.25, 0.3) is 0 Å². The van der Waals surface area contributed by atoms with Gasteiger partial charge in [-0.2, -0.15) is 0 Å². The van der Waals surface area contributed by atoms with Gasteiger partial charge in [-0.25, -0.2) is 0 Å². The third-order valence-electron chi connectivity index (χ3n) is 4.57. The summed E-state index contributed by atoms with van der Waals surface area (Å²) in [6.07, 6.45) is 3.62. The average Bonchev–Trinajstić information content (AvgIpc) is 2.51. The number of phenols is 2. The monoisotopic (exact) mass is 296 g/mol. The lowest BCUT2D eigenvalue weighted by molar-refractivity contribution is 0.181. The molecular formula is C16H24O5. The molecule has 0 bridgehead atoms. The van der Waals surface area contributed by atoms with E-state index < -0.39 is 0 Å². The zero-order valence-electron chi connectivity index (χ0n) is 12.8. The lowest BCUT2D eigenvalue weighted by atomic mass is 9.77. The summed E-state index contributed by atoms with van der Waals surface area (Å²) in [7, 11) is 2.88. The summed E-state index contributed by atoms with van der Waals surface area (Å²) in [5.41, 5.74) is 1.37. The van der Waals surface area contributed by atoms with E-state index in [0.29, 0.717) is 11.5 Å². The number of methoxy groups -OCH3 is 2. The van der Waals surface area contributed by atoms with Gasteiger partial charge in [-0.05, 0) is 44.4 Å². The van der Waals surface area contributed by atoms with Gasteiger partial charge >= 0.3 is 0 Å². The van der Waals surface area contributed by atoms with Crippen LogP contribution in [0.5, 0.6) is 23.0 Å². The van der Waals surface area contributed by atoms with Gasteiger partial charge in [0.15, 0.2) is 11.5 Å². The molecule has 1 aromatic carbocycles. The van der Waals surface area contributed by atoms with Crippen molar-refractivity contribution in [2.75, 3.05) is 20.8 Å². The number of benzene rings is 1. The van der Waals surface area contributed by atoms with Crippen molar-refractivity contribution in [2.24, 2.45) is 5.92 Å². The number of aromatic hydroxyl groups is 2. The van der Waals surface area contributed by atoms with Crippen LogP contribution in [0.2, 0.25) is 0 Å². The Morgan fingerprint density at radius 1 is 0.952 bits per heavy atom. The van der Waals surface area contributed by atoms with Crippen LogP contribution in [0.3, 0.4) is 0 Å². The van der Waals surface area contributed by atoms with Gasteiger partial charge < -0.3 is 24.8 Å². The Morgan fingerprint density at radius 2 is 1.48 bits per heavy atom. The fourth-order valence-electron chi connectivity index (χ4n) is 3.32. The van der Waals surface area contributed by atoms with Crippen molar-refractivity contribution in [1.82, 2.24) is 0 Å². The number of phenolic OH excluding ortho intramolecular Hbond substituents is 2. The zero-order chi connectivity index (χ0) is 15.6. The first kappa shape index (κ1) is 15.8. The van der Waals surface area contributed by atoms with Gasteiger partial charge in [0.1, 0.15) is 0 Å². The molecule has 1 fully saturated rings. The van der Waals surface area contributed by atoms with Crippen LogP contribution in [0.4, 0.5) is 0 Å². The molecule has 2 rings (SSSR count). The van der Waals surface area contributed by atoms with E-state index in [1.807, 2.05) is 0 Å². The SMILES string of the molecule is COc1c(O)c(C)c(C2CCC(CO)CC2)c(O)c1OC. The van der Waals surface area contributed by atoms with Crippen LogP contribution in [0.15, 0.2) is 0 Å². The number of aliphatic hydroxyl groups excluding tert-OH is 1. The third kappa shape index (κ3) is 2.75. The maximum atomic E-state index is 10.5. The lowest BCUT2D eigenvalue weighted by Crippen LogP contribution is -2.17. The molecule has 1 aliphatic rings. The highest BCUT2D eigenvalue weighted by atomic mass is 16.5. The number of hydrogen-bond acceptors (Lipinski definition) is 5. The predicted octanol–water partition coefficient (Wildman–Crippen LogP) is 2.69. The molecule has 5 heteroatoms. The molecule has 1 aliphatic carbocycles.